The molecule has 0 saturated heterocycles. The van der Waals surface area contributed by atoms with Gasteiger partial charge in [-0.05, 0) is 31.9 Å². The van der Waals surface area contributed by atoms with E-state index >= 15 is 0 Å². The normalized spacial score (nSPS) is 11.9. The van der Waals surface area contributed by atoms with Crippen molar-refractivity contribution < 1.29 is 9.59 Å². The van der Waals surface area contributed by atoms with Crippen LogP contribution in [0.15, 0.2) is 54.6 Å². The maximum atomic E-state index is 13.0. The molecule has 0 aliphatic rings. The third-order valence-corrected chi connectivity index (χ3v) is 4.44. The van der Waals surface area contributed by atoms with Crippen molar-refractivity contribution in [3.05, 3.63) is 71.3 Å². The summed E-state index contributed by atoms with van der Waals surface area (Å²) < 4.78 is 0. The van der Waals surface area contributed by atoms with Gasteiger partial charge < -0.3 is 10.2 Å². The zero-order chi connectivity index (χ0) is 19.8. The summed E-state index contributed by atoms with van der Waals surface area (Å²) in [4.78, 5) is 27.5. The van der Waals surface area contributed by atoms with E-state index in [1.165, 1.54) is 0 Å². The summed E-state index contributed by atoms with van der Waals surface area (Å²) in [6.07, 6.45) is 0.864. The monoisotopic (exact) mass is 366 g/mol. The summed E-state index contributed by atoms with van der Waals surface area (Å²) in [5.41, 5.74) is 3.22. The summed E-state index contributed by atoms with van der Waals surface area (Å²) in [7, 11) is 0. The summed E-state index contributed by atoms with van der Waals surface area (Å²) in [5, 5.41) is 2.99. The summed E-state index contributed by atoms with van der Waals surface area (Å²) in [5.74, 6) is -0.125. The first-order chi connectivity index (χ1) is 12.9. The molecular formula is C23H30N2O2. The molecule has 2 rings (SSSR count). The van der Waals surface area contributed by atoms with E-state index in [0.717, 1.165) is 16.7 Å². The quantitative estimate of drug-likeness (QED) is 0.771. The second-order valence-electron chi connectivity index (χ2n) is 7.23. The highest BCUT2D eigenvalue weighted by atomic mass is 16.2. The Morgan fingerprint density at radius 2 is 1.67 bits per heavy atom. The van der Waals surface area contributed by atoms with Crippen molar-refractivity contribution in [2.24, 2.45) is 0 Å². The summed E-state index contributed by atoms with van der Waals surface area (Å²) >= 11 is 0. The molecule has 1 N–H and O–H groups in total. The number of amides is 2. The Balaban J connectivity index is 2.35. The van der Waals surface area contributed by atoms with Crippen LogP contribution in [0.2, 0.25) is 0 Å². The largest absolute Gasteiger partial charge is 0.352 e. The van der Waals surface area contributed by atoms with Gasteiger partial charge in [0, 0.05) is 25.4 Å². The Morgan fingerprint density at radius 3 is 2.26 bits per heavy atom. The topological polar surface area (TPSA) is 49.4 Å². The van der Waals surface area contributed by atoms with E-state index in [-0.39, 0.29) is 17.9 Å². The van der Waals surface area contributed by atoms with Crippen LogP contribution in [-0.2, 0) is 22.6 Å². The highest BCUT2D eigenvalue weighted by molar-refractivity contribution is 5.88. The number of hydrogen-bond acceptors (Lipinski definition) is 2. The van der Waals surface area contributed by atoms with Crippen LogP contribution >= 0.6 is 0 Å². The zero-order valence-corrected chi connectivity index (χ0v) is 16.7. The smallest absolute Gasteiger partial charge is 0.243 e. The van der Waals surface area contributed by atoms with Crippen molar-refractivity contribution in [3.8, 4) is 0 Å². The molecule has 4 nitrogen and oxygen atoms in total. The standard InChI is InChI=1S/C23H30N2O2/c1-5-22(26)25(16-20-13-9-10-18(4)14-20)21(23(27)24-17(2)3)15-19-11-7-6-8-12-19/h6-14,17,21H,5,15-16H2,1-4H3,(H,24,27). The van der Waals surface area contributed by atoms with Crippen LogP contribution in [0.5, 0.6) is 0 Å². The molecular weight excluding hydrogens is 336 g/mol. The van der Waals surface area contributed by atoms with Crippen molar-refractivity contribution >= 4 is 11.8 Å². The molecule has 1 atom stereocenters. The molecule has 0 aromatic heterocycles. The van der Waals surface area contributed by atoms with Gasteiger partial charge in [0.05, 0.1) is 0 Å². The average Bonchev–Trinajstić information content (AvgIpc) is 2.64. The first-order valence-electron chi connectivity index (χ1n) is 9.60. The number of nitrogens with zero attached hydrogens (tertiary/aromatic N) is 1. The van der Waals surface area contributed by atoms with Gasteiger partial charge in [0.15, 0.2) is 0 Å². The highest BCUT2D eigenvalue weighted by Crippen LogP contribution is 2.16. The van der Waals surface area contributed by atoms with Crippen LogP contribution in [0, 0.1) is 6.92 Å². The molecule has 0 heterocycles. The molecule has 1 unspecified atom stereocenters. The lowest BCUT2D eigenvalue weighted by molar-refractivity contribution is -0.141. The maximum Gasteiger partial charge on any atom is 0.243 e. The first kappa shape index (κ1) is 20.7. The Bertz CT molecular complexity index is 756. The fourth-order valence-corrected chi connectivity index (χ4v) is 3.14. The van der Waals surface area contributed by atoms with Gasteiger partial charge in [-0.25, -0.2) is 0 Å². The van der Waals surface area contributed by atoms with Gasteiger partial charge in [-0.3, -0.25) is 9.59 Å². The highest BCUT2D eigenvalue weighted by Gasteiger charge is 2.29. The number of benzene rings is 2. The van der Waals surface area contributed by atoms with Crippen LogP contribution < -0.4 is 5.32 Å². The molecule has 0 bridgehead atoms. The van der Waals surface area contributed by atoms with Crippen molar-refractivity contribution in [2.45, 2.75) is 59.2 Å². The van der Waals surface area contributed by atoms with Crippen LogP contribution in [0.4, 0.5) is 0 Å². The van der Waals surface area contributed by atoms with E-state index in [4.69, 9.17) is 0 Å². The second-order valence-corrected chi connectivity index (χ2v) is 7.23. The molecule has 144 valence electrons. The number of rotatable bonds is 8. The van der Waals surface area contributed by atoms with E-state index in [1.807, 2.05) is 76.2 Å². The SMILES string of the molecule is CCC(=O)N(Cc1cccc(C)c1)C(Cc1ccccc1)C(=O)NC(C)C. The molecule has 0 aliphatic heterocycles. The molecule has 27 heavy (non-hydrogen) atoms. The van der Waals surface area contributed by atoms with Crippen molar-refractivity contribution in [3.63, 3.8) is 0 Å². The van der Waals surface area contributed by atoms with E-state index in [2.05, 4.69) is 11.4 Å². The number of hydrogen-bond donors (Lipinski definition) is 1. The Kier molecular flexibility index (Phi) is 7.59. The summed E-state index contributed by atoms with van der Waals surface area (Å²) in [6, 6.07) is 17.4. The molecule has 0 aliphatic carbocycles. The molecule has 0 fully saturated rings. The third-order valence-electron chi connectivity index (χ3n) is 4.44. The van der Waals surface area contributed by atoms with Gasteiger partial charge in [-0.15, -0.1) is 0 Å². The predicted molar refractivity (Wildman–Crippen MR) is 109 cm³/mol. The molecule has 0 saturated carbocycles. The number of aryl methyl sites for hydroxylation is 1. The molecule has 0 spiro atoms. The fraction of sp³-hybridized carbons (Fsp3) is 0.391. The minimum Gasteiger partial charge on any atom is -0.352 e. The lowest BCUT2D eigenvalue weighted by Crippen LogP contribution is -2.51. The van der Waals surface area contributed by atoms with Crippen LogP contribution in [0.25, 0.3) is 0 Å². The van der Waals surface area contributed by atoms with Gasteiger partial charge in [-0.1, -0.05) is 67.1 Å². The first-order valence-corrected chi connectivity index (χ1v) is 9.60. The van der Waals surface area contributed by atoms with Gasteiger partial charge in [0.2, 0.25) is 11.8 Å². The molecule has 2 aromatic rings. The minimum atomic E-state index is -0.539. The third kappa shape index (κ3) is 6.24. The van der Waals surface area contributed by atoms with Crippen molar-refractivity contribution in [1.82, 2.24) is 10.2 Å². The van der Waals surface area contributed by atoms with Crippen molar-refractivity contribution in [1.29, 1.82) is 0 Å². The zero-order valence-electron chi connectivity index (χ0n) is 16.7. The maximum absolute atomic E-state index is 13.0. The molecule has 2 aromatic carbocycles. The Morgan fingerprint density at radius 1 is 1.00 bits per heavy atom. The van der Waals surface area contributed by atoms with Crippen LogP contribution in [0.3, 0.4) is 0 Å². The van der Waals surface area contributed by atoms with E-state index in [0.29, 0.717) is 19.4 Å². The minimum absolute atomic E-state index is 0.0173. The average molecular weight is 367 g/mol. The predicted octanol–water partition coefficient (Wildman–Crippen LogP) is 3.87. The molecule has 2 amide bonds. The number of nitrogens with one attached hydrogen (secondary N) is 1. The van der Waals surface area contributed by atoms with E-state index in [9.17, 15) is 9.59 Å². The Hall–Kier alpha value is -2.62. The van der Waals surface area contributed by atoms with Gasteiger partial charge in [0.25, 0.3) is 0 Å². The fourth-order valence-electron chi connectivity index (χ4n) is 3.14. The Labute approximate surface area is 162 Å². The van der Waals surface area contributed by atoms with Crippen LogP contribution in [0.1, 0.15) is 43.9 Å². The number of carbonyl (C=O) groups is 2. The van der Waals surface area contributed by atoms with E-state index < -0.39 is 6.04 Å². The lowest BCUT2D eigenvalue weighted by atomic mass is 10.0. The van der Waals surface area contributed by atoms with Gasteiger partial charge in [-0.2, -0.15) is 0 Å². The van der Waals surface area contributed by atoms with Gasteiger partial charge >= 0.3 is 0 Å². The van der Waals surface area contributed by atoms with E-state index in [1.54, 1.807) is 4.90 Å². The molecule has 4 heteroatoms. The summed E-state index contributed by atoms with van der Waals surface area (Å²) in [6.45, 7) is 8.17. The lowest BCUT2D eigenvalue weighted by Gasteiger charge is -2.32. The van der Waals surface area contributed by atoms with Crippen LogP contribution in [-0.4, -0.2) is 28.8 Å². The second kappa shape index (κ2) is 9.91. The van der Waals surface area contributed by atoms with Gasteiger partial charge in [0.1, 0.15) is 6.04 Å². The number of carbonyl (C=O) groups excluding carboxylic acids is 2. The molecule has 0 radical (unpaired) electrons. The van der Waals surface area contributed by atoms with Crippen molar-refractivity contribution in [2.75, 3.05) is 0 Å².